The number of esters is 1. The molecule has 2 aromatic heterocycles. The highest BCUT2D eigenvalue weighted by molar-refractivity contribution is 6.16. The fraction of sp³-hybridized carbons (Fsp3) is 0.200. The standard InChI is InChI=1S/C20H19FN4O5/c1-12-19(18(25(2)24-12)13(10-27-3)20(26)28-4)30-17-9-16(22-11-23-17)29-15-8-6-5-7-14(15)21/h5-11H,1-4H3. The maximum absolute atomic E-state index is 13.8. The molecule has 0 bridgehead atoms. The highest BCUT2D eigenvalue weighted by Gasteiger charge is 2.25. The van der Waals surface area contributed by atoms with Crippen molar-refractivity contribution in [3.05, 3.63) is 60.1 Å². The second-order valence-electron chi connectivity index (χ2n) is 5.97. The molecule has 0 amide bonds. The van der Waals surface area contributed by atoms with E-state index in [2.05, 4.69) is 15.1 Å². The lowest BCUT2D eigenvalue weighted by Crippen LogP contribution is -2.09. The predicted octanol–water partition coefficient (Wildman–Crippen LogP) is 3.40. The molecule has 10 heteroatoms. The minimum atomic E-state index is -0.629. The average molecular weight is 414 g/mol. The molecule has 0 aliphatic rings. The monoisotopic (exact) mass is 414 g/mol. The summed E-state index contributed by atoms with van der Waals surface area (Å²) in [6.45, 7) is 1.71. The Morgan fingerprint density at radius 3 is 2.50 bits per heavy atom. The van der Waals surface area contributed by atoms with Crippen LogP contribution >= 0.6 is 0 Å². The van der Waals surface area contributed by atoms with Gasteiger partial charge in [-0.3, -0.25) is 4.68 Å². The Morgan fingerprint density at radius 2 is 1.83 bits per heavy atom. The van der Waals surface area contributed by atoms with Crippen LogP contribution in [0.15, 0.2) is 42.9 Å². The van der Waals surface area contributed by atoms with E-state index >= 15 is 0 Å². The van der Waals surface area contributed by atoms with Gasteiger partial charge in [-0.15, -0.1) is 0 Å². The van der Waals surface area contributed by atoms with Gasteiger partial charge in [0, 0.05) is 7.05 Å². The Balaban J connectivity index is 1.95. The highest BCUT2D eigenvalue weighted by atomic mass is 19.1. The third kappa shape index (κ3) is 4.37. The summed E-state index contributed by atoms with van der Waals surface area (Å²) in [6.07, 6.45) is 2.45. The number of aryl methyl sites for hydroxylation is 2. The summed E-state index contributed by atoms with van der Waals surface area (Å²) in [5.74, 6) is -0.699. The summed E-state index contributed by atoms with van der Waals surface area (Å²) >= 11 is 0. The first-order valence-corrected chi connectivity index (χ1v) is 8.72. The molecule has 1 aromatic carbocycles. The second-order valence-corrected chi connectivity index (χ2v) is 5.97. The van der Waals surface area contributed by atoms with Gasteiger partial charge >= 0.3 is 5.97 Å². The molecule has 9 nitrogen and oxygen atoms in total. The lowest BCUT2D eigenvalue weighted by Gasteiger charge is -2.11. The Hall–Kier alpha value is -3.95. The van der Waals surface area contributed by atoms with Gasteiger partial charge in [0.25, 0.3) is 0 Å². The number of hydrogen-bond acceptors (Lipinski definition) is 8. The van der Waals surface area contributed by atoms with Crippen LogP contribution in [-0.4, -0.2) is 39.9 Å². The average Bonchev–Trinajstić information content (AvgIpc) is 3.00. The molecule has 156 valence electrons. The van der Waals surface area contributed by atoms with Crippen LogP contribution < -0.4 is 9.47 Å². The maximum atomic E-state index is 13.8. The van der Waals surface area contributed by atoms with Crippen molar-refractivity contribution in [1.82, 2.24) is 19.7 Å². The number of aromatic nitrogens is 4. The van der Waals surface area contributed by atoms with Gasteiger partial charge in [0.05, 0.1) is 26.5 Å². The number of ether oxygens (including phenoxy) is 4. The summed E-state index contributed by atoms with van der Waals surface area (Å²) in [5.41, 5.74) is 0.931. The van der Waals surface area contributed by atoms with Crippen LogP contribution in [0.2, 0.25) is 0 Å². The molecule has 3 aromatic rings. The highest BCUT2D eigenvalue weighted by Crippen LogP contribution is 2.34. The van der Waals surface area contributed by atoms with Crippen LogP contribution in [-0.2, 0) is 21.3 Å². The van der Waals surface area contributed by atoms with Crippen molar-refractivity contribution in [2.24, 2.45) is 7.05 Å². The normalized spacial score (nSPS) is 11.2. The minimum Gasteiger partial charge on any atom is -0.503 e. The van der Waals surface area contributed by atoms with E-state index in [1.54, 1.807) is 26.1 Å². The Morgan fingerprint density at radius 1 is 1.13 bits per heavy atom. The quantitative estimate of drug-likeness (QED) is 0.330. The molecule has 0 atom stereocenters. The van der Waals surface area contributed by atoms with Crippen molar-refractivity contribution >= 4 is 11.5 Å². The van der Waals surface area contributed by atoms with Gasteiger partial charge in [0.15, 0.2) is 17.3 Å². The number of halogens is 1. The molecule has 2 heterocycles. The van der Waals surface area contributed by atoms with Gasteiger partial charge in [-0.25, -0.2) is 19.2 Å². The summed E-state index contributed by atoms with van der Waals surface area (Å²) in [4.78, 5) is 20.2. The van der Waals surface area contributed by atoms with Gasteiger partial charge in [0.2, 0.25) is 11.8 Å². The largest absolute Gasteiger partial charge is 0.503 e. The fourth-order valence-electron chi connectivity index (χ4n) is 2.67. The van der Waals surface area contributed by atoms with Crippen molar-refractivity contribution < 1.29 is 28.1 Å². The molecular formula is C20H19FN4O5. The van der Waals surface area contributed by atoms with E-state index < -0.39 is 11.8 Å². The predicted molar refractivity (Wildman–Crippen MR) is 104 cm³/mol. The SMILES string of the molecule is COC=C(C(=O)OC)c1c(Oc2cc(Oc3ccccc3F)ncn2)c(C)nn1C. The molecule has 0 N–H and O–H groups in total. The van der Waals surface area contributed by atoms with Gasteiger partial charge in [-0.2, -0.15) is 5.10 Å². The lowest BCUT2D eigenvalue weighted by atomic mass is 10.2. The van der Waals surface area contributed by atoms with Crippen LogP contribution in [0.25, 0.3) is 5.57 Å². The van der Waals surface area contributed by atoms with E-state index in [4.69, 9.17) is 18.9 Å². The number of hydrogen-bond donors (Lipinski definition) is 0. The number of para-hydroxylation sites is 1. The Labute approximate surface area is 171 Å². The van der Waals surface area contributed by atoms with Crippen LogP contribution in [0.1, 0.15) is 11.4 Å². The van der Waals surface area contributed by atoms with Crippen LogP contribution in [0.4, 0.5) is 4.39 Å². The van der Waals surface area contributed by atoms with E-state index in [1.165, 1.54) is 49.7 Å². The molecule has 30 heavy (non-hydrogen) atoms. The molecule has 3 rings (SSSR count). The first-order valence-electron chi connectivity index (χ1n) is 8.72. The first-order chi connectivity index (χ1) is 14.4. The fourth-order valence-corrected chi connectivity index (χ4v) is 2.67. The van der Waals surface area contributed by atoms with E-state index in [9.17, 15) is 9.18 Å². The maximum Gasteiger partial charge on any atom is 0.343 e. The zero-order chi connectivity index (χ0) is 21.7. The Bertz CT molecular complexity index is 1100. The number of carbonyl (C=O) groups is 1. The zero-order valence-corrected chi connectivity index (χ0v) is 16.7. The smallest absolute Gasteiger partial charge is 0.343 e. The van der Waals surface area contributed by atoms with Gasteiger partial charge in [-0.05, 0) is 19.1 Å². The van der Waals surface area contributed by atoms with Crippen LogP contribution in [0.5, 0.6) is 23.3 Å². The van der Waals surface area contributed by atoms with Crippen molar-refractivity contribution in [3.63, 3.8) is 0 Å². The molecule has 0 fully saturated rings. The van der Waals surface area contributed by atoms with Crippen molar-refractivity contribution in [2.75, 3.05) is 14.2 Å². The molecule has 0 spiro atoms. The van der Waals surface area contributed by atoms with Crippen molar-refractivity contribution in [3.8, 4) is 23.3 Å². The molecular weight excluding hydrogens is 395 g/mol. The van der Waals surface area contributed by atoms with E-state index in [1.807, 2.05) is 0 Å². The summed E-state index contributed by atoms with van der Waals surface area (Å²) < 4.78 is 36.5. The third-order valence-corrected chi connectivity index (χ3v) is 3.94. The first kappa shape index (κ1) is 20.8. The molecule has 0 aliphatic heterocycles. The third-order valence-electron chi connectivity index (χ3n) is 3.94. The van der Waals surface area contributed by atoms with Crippen molar-refractivity contribution in [2.45, 2.75) is 6.92 Å². The van der Waals surface area contributed by atoms with Gasteiger partial charge in [0.1, 0.15) is 23.3 Å². The van der Waals surface area contributed by atoms with E-state index in [0.717, 1.165) is 0 Å². The van der Waals surface area contributed by atoms with Crippen LogP contribution in [0, 0.1) is 12.7 Å². The minimum absolute atomic E-state index is 0.0106. The molecule has 0 radical (unpaired) electrons. The van der Waals surface area contributed by atoms with E-state index in [0.29, 0.717) is 11.4 Å². The molecule has 0 unspecified atom stereocenters. The number of methoxy groups -OCH3 is 2. The van der Waals surface area contributed by atoms with Crippen molar-refractivity contribution in [1.29, 1.82) is 0 Å². The number of nitrogens with zero attached hydrogens (tertiary/aromatic N) is 4. The summed E-state index contributed by atoms with van der Waals surface area (Å²) in [6, 6.07) is 7.32. The van der Waals surface area contributed by atoms with Crippen LogP contribution in [0.3, 0.4) is 0 Å². The number of rotatable bonds is 7. The second kappa shape index (κ2) is 9.03. The molecule has 0 aliphatic carbocycles. The number of carbonyl (C=O) groups excluding carboxylic acids is 1. The summed E-state index contributed by atoms with van der Waals surface area (Å²) in [7, 11) is 4.31. The zero-order valence-electron chi connectivity index (χ0n) is 16.7. The number of benzene rings is 1. The topological polar surface area (TPSA) is 97.6 Å². The van der Waals surface area contributed by atoms with Gasteiger partial charge < -0.3 is 18.9 Å². The molecule has 0 saturated carbocycles. The molecule has 0 saturated heterocycles. The van der Waals surface area contributed by atoms with E-state index in [-0.39, 0.29) is 28.8 Å². The summed E-state index contributed by atoms with van der Waals surface area (Å²) in [5, 5.41) is 4.29. The lowest BCUT2D eigenvalue weighted by molar-refractivity contribution is -0.133. The van der Waals surface area contributed by atoms with Gasteiger partial charge in [-0.1, -0.05) is 12.1 Å². The Kier molecular flexibility index (Phi) is 6.26.